The Morgan fingerprint density at radius 3 is 2.78 bits per heavy atom. The molecule has 6 heteroatoms. The van der Waals surface area contributed by atoms with E-state index in [1.807, 2.05) is 31.2 Å². The molecule has 0 aliphatic heterocycles. The molecule has 1 aliphatic carbocycles. The van der Waals surface area contributed by atoms with Crippen LogP contribution in [0.2, 0.25) is 5.02 Å². The third kappa shape index (κ3) is 4.21. The highest BCUT2D eigenvalue weighted by atomic mass is 35.5. The minimum atomic E-state index is 0.561. The topological polar surface area (TPSA) is 39.9 Å². The van der Waals surface area contributed by atoms with Crippen molar-refractivity contribution in [3.8, 4) is 5.75 Å². The van der Waals surface area contributed by atoms with Crippen LogP contribution in [0.4, 0.5) is 0 Å². The zero-order valence-corrected chi connectivity index (χ0v) is 14.9. The van der Waals surface area contributed by atoms with Crippen LogP contribution in [-0.4, -0.2) is 27.1 Å². The van der Waals surface area contributed by atoms with Gasteiger partial charge in [0.15, 0.2) is 5.16 Å². The Kier molecular flexibility index (Phi) is 5.84. The summed E-state index contributed by atoms with van der Waals surface area (Å²) in [5.41, 5.74) is 0. The number of ether oxygens (including phenoxy) is 1. The minimum Gasteiger partial charge on any atom is -0.491 e. The second-order valence-electron chi connectivity index (χ2n) is 5.82. The number of para-hydroxylation sites is 1. The van der Waals surface area contributed by atoms with E-state index in [9.17, 15) is 0 Å². The summed E-state index contributed by atoms with van der Waals surface area (Å²) in [6.07, 6.45) is 6.45. The number of aromatic nitrogens is 3. The van der Waals surface area contributed by atoms with Gasteiger partial charge in [0.25, 0.3) is 0 Å². The first-order valence-electron chi connectivity index (χ1n) is 8.17. The van der Waals surface area contributed by atoms with Crippen LogP contribution < -0.4 is 4.74 Å². The Morgan fingerprint density at radius 1 is 1.22 bits per heavy atom. The number of nitrogens with zero attached hydrogens (tertiary/aromatic N) is 3. The van der Waals surface area contributed by atoms with E-state index in [-0.39, 0.29) is 0 Å². The molecule has 1 aromatic heterocycles. The molecule has 1 heterocycles. The van der Waals surface area contributed by atoms with Gasteiger partial charge in [-0.05, 0) is 31.9 Å². The molecule has 0 amide bonds. The Balaban J connectivity index is 1.55. The lowest BCUT2D eigenvalue weighted by molar-refractivity contribution is 0.330. The second-order valence-corrected chi connectivity index (χ2v) is 7.29. The average Bonchev–Trinajstić information content (AvgIpc) is 2.94. The van der Waals surface area contributed by atoms with Crippen molar-refractivity contribution in [3.63, 3.8) is 0 Å². The maximum atomic E-state index is 6.09. The Morgan fingerprint density at radius 2 is 2.00 bits per heavy atom. The molecular weight excluding hydrogens is 330 g/mol. The molecule has 0 N–H and O–H groups in total. The molecule has 1 aliphatic rings. The van der Waals surface area contributed by atoms with Crippen molar-refractivity contribution < 1.29 is 4.74 Å². The molecule has 23 heavy (non-hydrogen) atoms. The van der Waals surface area contributed by atoms with E-state index in [4.69, 9.17) is 16.3 Å². The van der Waals surface area contributed by atoms with Crippen LogP contribution in [0, 0.1) is 6.92 Å². The van der Waals surface area contributed by atoms with Crippen LogP contribution >= 0.6 is 23.4 Å². The summed E-state index contributed by atoms with van der Waals surface area (Å²) in [5, 5.41) is 10.3. The second kappa shape index (κ2) is 8.06. The van der Waals surface area contributed by atoms with E-state index in [2.05, 4.69) is 14.8 Å². The molecule has 124 valence electrons. The summed E-state index contributed by atoms with van der Waals surface area (Å²) >= 11 is 7.80. The van der Waals surface area contributed by atoms with Crippen molar-refractivity contribution >= 4 is 23.4 Å². The quantitative estimate of drug-likeness (QED) is 0.547. The van der Waals surface area contributed by atoms with Crippen LogP contribution in [0.15, 0.2) is 29.4 Å². The number of benzene rings is 1. The number of rotatable bonds is 6. The fourth-order valence-corrected chi connectivity index (χ4v) is 4.11. The number of aryl methyl sites for hydroxylation is 1. The first-order chi connectivity index (χ1) is 11.3. The summed E-state index contributed by atoms with van der Waals surface area (Å²) in [4.78, 5) is 0. The SMILES string of the molecule is Cc1nnc(SCCOc2ccccc2Cl)n1C1CCCCC1. The third-order valence-corrected chi connectivity index (χ3v) is 5.40. The van der Waals surface area contributed by atoms with Crippen molar-refractivity contribution in [1.29, 1.82) is 0 Å². The van der Waals surface area contributed by atoms with Gasteiger partial charge in [-0.15, -0.1) is 10.2 Å². The van der Waals surface area contributed by atoms with Crippen LogP contribution in [0.5, 0.6) is 5.75 Å². The highest BCUT2D eigenvalue weighted by Gasteiger charge is 2.21. The molecule has 4 nitrogen and oxygen atoms in total. The van der Waals surface area contributed by atoms with Crippen LogP contribution in [0.3, 0.4) is 0 Å². The van der Waals surface area contributed by atoms with E-state index in [0.717, 1.165) is 22.5 Å². The molecular formula is C17H22ClN3OS. The summed E-state index contributed by atoms with van der Waals surface area (Å²) in [5.74, 6) is 2.59. The Labute approximate surface area is 146 Å². The van der Waals surface area contributed by atoms with E-state index in [0.29, 0.717) is 17.7 Å². The van der Waals surface area contributed by atoms with E-state index in [1.54, 1.807) is 11.8 Å². The van der Waals surface area contributed by atoms with E-state index in [1.165, 1.54) is 32.1 Å². The predicted octanol–water partition coefficient (Wildman–Crippen LogP) is 4.92. The summed E-state index contributed by atoms with van der Waals surface area (Å²) in [7, 11) is 0. The predicted molar refractivity (Wildman–Crippen MR) is 94.6 cm³/mol. The summed E-state index contributed by atoms with van der Waals surface area (Å²) in [6, 6.07) is 8.12. The zero-order valence-electron chi connectivity index (χ0n) is 13.4. The summed E-state index contributed by atoms with van der Waals surface area (Å²) < 4.78 is 8.06. The minimum absolute atomic E-state index is 0.561. The molecule has 0 unspecified atom stereocenters. The lowest BCUT2D eigenvalue weighted by Crippen LogP contribution is -2.15. The maximum absolute atomic E-state index is 6.09. The van der Waals surface area contributed by atoms with Gasteiger partial charge in [0.2, 0.25) is 0 Å². The number of halogens is 1. The molecule has 2 aromatic rings. The first kappa shape index (κ1) is 16.7. The normalized spacial score (nSPS) is 15.7. The third-order valence-electron chi connectivity index (χ3n) is 4.18. The molecule has 0 spiro atoms. The maximum Gasteiger partial charge on any atom is 0.191 e. The van der Waals surface area contributed by atoms with E-state index < -0.39 is 0 Å². The van der Waals surface area contributed by atoms with Gasteiger partial charge in [-0.1, -0.05) is 54.8 Å². The van der Waals surface area contributed by atoms with Crippen molar-refractivity contribution in [2.75, 3.05) is 12.4 Å². The van der Waals surface area contributed by atoms with Gasteiger partial charge in [0, 0.05) is 11.8 Å². The van der Waals surface area contributed by atoms with Crippen molar-refractivity contribution in [2.24, 2.45) is 0 Å². The highest BCUT2D eigenvalue weighted by molar-refractivity contribution is 7.99. The fraction of sp³-hybridized carbons (Fsp3) is 0.529. The smallest absolute Gasteiger partial charge is 0.191 e. The lowest BCUT2D eigenvalue weighted by atomic mass is 9.95. The molecule has 1 fully saturated rings. The summed E-state index contributed by atoms with van der Waals surface area (Å²) in [6.45, 7) is 2.65. The van der Waals surface area contributed by atoms with Gasteiger partial charge >= 0.3 is 0 Å². The van der Waals surface area contributed by atoms with Gasteiger partial charge < -0.3 is 9.30 Å². The average molecular weight is 352 g/mol. The number of hydrogen-bond donors (Lipinski definition) is 0. The fourth-order valence-electron chi connectivity index (χ4n) is 3.05. The van der Waals surface area contributed by atoms with Crippen molar-refractivity contribution in [3.05, 3.63) is 35.1 Å². The Bertz CT molecular complexity index is 641. The van der Waals surface area contributed by atoms with Crippen LogP contribution in [0.25, 0.3) is 0 Å². The van der Waals surface area contributed by atoms with Gasteiger partial charge in [0.1, 0.15) is 11.6 Å². The molecule has 0 bridgehead atoms. The number of thioether (sulfide) groups is 1. The number of hydrogen-bond acceptors (Lipinski definition) is 4. The Hall–Kier alpha value is -1.20. The first-order valence-corrected chi connectivity index (χ1v) is 9.53. The highest BCUT2D eigenvalue weighted by Crippen LogP contribution is 2.32. The monoisotopic (exact) mass is 351 g/mol. The molecule has 0 saturated heterocycles. The molecule has 0 radical (unpaired) electrons. The molecule has 1 saturated carbocycles. The van der Waals surface area contributed by atoms with Crippen molar-refractivity contribution in [2.45, 2.75) is 50.2 Å². The van der Waals surface area contributed by atoms with Crippen LogP contribution in [0.1, 0.15) is 44.0 Å². The van der Waals surface area contributed by atoms with Gasteiger partial charge in [0.05, 0.1) is 11.6 Å². The zero-order chi connectivity index (χ0) is 16.1. The van der Waals surface area contributed by atoms with Gasteiger partial charge in [-0.3, -0.25) is 0 Å². The van der Waals surface area contributed by atoms with Gasteiger partial charge in [-0.2, -0.15) is 0 Å². The lowest BCUT2D eigenvalue weighted by Gasteiger charge is -2.25. The molecule has 1 aromatic carbocycles. The van der Waals surface area contributed by atoms with Crippen molar-refractivity contribution in [1.82, 2.24) is 14.8 Å². The van der Waals surface area contributed by atoms with Crippen LogP contribution in [-0.2, 0) is 0 Å². The standard InChI is InChI=1S/C17H22ClN3OS/c1-13-19-20-17(21(13)14-7-3-2-4-8-14)23-12-11-22-16-10-6-5-9-15(16)18/h5-6,9-10,14H,2-4,7-8,11-12H2,1H3. The van der Waals surface area contributed by atoms with Gasteiger partial charge in [-0.25, -0.2) is 0 Å². The largest absolute Gasteiger partial charge is 0.491 e. The molecule has 0 atom stereocenters. The van der Waals surface area contributed by atoms with E-state index >= 15 is 0 Å². The molecule has 3 rings (SSSR count).